The summed E-state index contributed by atoms with van der Waals surface area (Å²) < 4.78 is 52.8. The van der Waals surface area contributed by atoms with E-state index in [4.69, 9.17) is 9.31 Å². The summed E-state index contributed by atoms with van der Waals surface area (Å²) >= 11 is 0. The van der Waals surface area contributed by atoms with Crippen molar-refractivity contribution in [1.29, 1.82) is 0 Å². The molecule has 0 bridgehead atoms. The summed E-state index contributed by atoms with van der Waals surface area (Å²) in [5.74, 6) is 0. The van der Waals surface area contributed by atoms with Crippen LogP contribution in [-0.2, 0) is 15.5 Å². The topological polar surface area (TPSA) is 35.5 Å². The molecule has 3 rings (SSSR count). The fourth-order valence-electron chi connectivity index (χ4n) is 3.51. The zero-order valence-electron chi connectivity index (χ0n) is 18.6. The molecule has 2 aromatic rings. The first-order chi connectivity index (χ1) is 14.3. The minimum Gasteiger partial charge on any atom is -0.399 e. The second-order valence-corrected chi connectivity index (χ2v) is 8.89. The Labute approximate surface area is 181 Å². The summed E-state index contributed by atoms with van der Waals surface area (Å²) in [5, 5.41) is 0. The average molecular weight is 430 g/mol. The Morgan fingerprint density at radius 2 is 1.48 bits per heavy atom. The fourth-order valence-corrected chi connectivity index (χ4v) is 3.51. The lowest BCUT2D eigenvalue weighted by molar-refractivity contribution is -0.137. The van der Waals surface area contributed by atoms with E-state index in [0.717, 1.165) is 22.7 Å². The smallest absolute Gasteiger partial charge is 0.399 e. The summed E-state index contributed by atoms with van der Waals surface area (Å²) in [5.41, 5.74) is 1.18. The summed E-state index contributed by atoms with van der Waals surface area (Å²) in [4.78, 5) is 11.1. The maximum Gasteiger partial charge on any atom is 0.495 e. The van der Waals surface area contributed by atoms with Crippen molar-refractivity contribution in [1.82, 2.24) is 0 Å². The van der Waals surface area contributed by atoms with Gasteiger partial charge in [-0.15, -0.1) is 0 Å². The van der Waals surface area contributed by atoms with Crippen LogP contribution in [0, 0.1) is 13.8 Å². The molecular weight excluding hydrogens is 404 g/mol. The summed E-state index contributed by atoms with van der Waals surface area (Å²) in [7, 11) is -0.557. The zero-order valence-corrected chi connectivity index (χ0v) is 18.6. The molecule has 3 nitrogen and oxygen atoms in total. The number of carbonyl (C=O) groups is 1. The molecule has 0 N–H and O–H groups in total. The number of halogens is 3. The molecule has 2 aromatic carbocycles. The van der Waals surface area contributed by atoms with Gasteiger partial charge in [-0.25, -0.2) is 0 Å². The zero-order chi connectivity index (χ0) is 23.2. The Bertz CT molecular complexity index is 1020. The molecule has 1 saturated heterocycles. The second-order valence-electron chi connectivity index (χ2n) is 8.89. The first kappa shape index (κ1) is 23.3. The van der Waals surface area contributed by atoms with Gasteiger partial charge in [-0.3, -0.25) is 4.79 Å². The molecule has 1 aliphatic rings. The predicted octanol–water partition coefficient (Wildman–Crippen LogP) is 5.60. The quantitative estimate of drug-likeness (QED) is 0.360. The third kappa shape index (κ3) is 4.48. The maximum absolute atomic E-state index is 13.5. The standard InChI is InChI=1S/C24H26BF3O3/c1-15-12-18(20(24(26,27)28)13-19(15)14-29)11-10-17-8-7-9-21(16(17)2)25-30-22(3,4)23(5,6)31-25/h7-14H,1-6H3/b11-10+. The van der Waals surface area contributed by atoms with E-state index in [1.807, 2.05) is 52.8 Å². The van der Waals surface area contributed by atoms with Gasteiger partial charge < -0.3 is 9.31 Å². The second kappa shape index (κ2) is 7.95. The normalized spacial score (nSPS) is 18.0. The minimum atomic E-state index is -4.56. The number of carbonyl (C=O) groups excluding carboxylic acids is 1. The Balaban J connectivity index is 1.99. The van der Waals surface area contributed by atoms with Gasteiger partial charge in [0.1, 0.15) is 6.29 Å². The Kier molecular flexibility index (Phi) is 5.97. The molecule has 7 heteroatoms. The highest BCUT2D eigenvalue weighted by Crippen LogP contribution is 2.37. The van der Waals surface area contributed by atoms with Gasteiger partial charge >= 0.3 is 13.3 Å². The fraction of sp³-hybridized carbons (Fsp3) is 0.375. The molecule has 0 amide bonds. The van der Waals surface area contributed by atoms with Crippen LogP contribution in [0.3, 0.4) is 0 Å². The van der Waals surface area contributed by atoms with Crippen molar-refractivity contribution in [3.05, 3.63) is 63.7 Å². The molecular formula is C24H26BF3O3. The van der Waals surface area contributed by atoms with Crippen molar-refractivity contribution in [2.24, 2.45) is 0 Å². The monoisotopic (exact) mass is 430 g/mol. The lowest BCUT2D eigenvalue weighted by Crippen LogP contribution is -2.41. The number of aldehydes is 1. The molecule has 1 aliphatic heterocycles. The van der Waals surface area contributed by atoms with Crippen LogP contribution in [0.5, 0.6) is 0 Å². The number of hydrogen-bond donors (Lipinski definition) is 0. The molecule has 0 saturated carbocycles. The first-order valence-corrected chi connectivity index (χ1v) is 10.1. The van der Waals surface area contributed by atoms with Crippen molar-refractivity contribution in [3.63, 3.8) is 0 Å². The number of alkyl halides is 3. The highest BCUT2D eigenvalue weighted by molar-refractivity contribution is 6.62. The van der Waals surface area contributed by atoms with Gasteiger partial charge in [0.05, 0.1) is 16.8 Å². The lowest BCUT2D eigenvalue weighted by Gasteiger charge is -2.32. The average Bonchev–Trinajstić information content (AvgIpc) is 2.87. The summed E-state index contributed by atoms with van der Waals surface area (Å²) in [6.07, 6.45) is -1.05. The van der Waals surface area contributed by atoms with E-state index in [9.17, 15) is 18.0 Å². The molecule has 0 aliphatic carbocycles. The number of hydrogen-bond acceptors (Lipinski definition) is 3. The molecule has 0 radical (unpaired) electrons. The molecule has 0 aromatic heterocycles. The molecule has 31 heavy (non-hydrogen) atoms. The highest BCUT2D eigenvalue weighted by atomic mass is 19.4. The van der Waals surface area contributed by atoms with Gasteiger partial charge in [0.2, 0.25) is 0 Å². The van der Waals surface area contributed by atoms with Crippen molar-refractivity contribution in [2.45, 2.75) is 58.9 Å². The van der Waals surface area contributed by atoms with Crippen LogP contribution in [0.2, 0.25) is 0 Å². The van der Waals surface area contributed by atoms with Gasteiger partial charge in [-0.05, 0) is 75.3 Å². The van der Waals surface area contributed by atoms with Crippen molar-refractivity contribution >= 4 is 31.0 Å². The number of benzene rings is 2. The summed E-state index contributed by atoms with van der Waals surface area (Å²) in [6, 6.07) is 7.85. The molecule has 0 unspecified atom stereocenters. The molecule has 0 spiro atoms. The maximum atomic E-state index is 13.5. The van der Waals surface area contributed by atoms with Gasteiger partial charge in [0.15, 0.2) is 0 Å². The first-order valence-electron chi connectivity index (χ1n) is 10.1. The van der Waals surface area contributed by atoms with Crippen LogP contribution in [-0.4, -0.2) is 24.6 Å². The predicted molar refractivity (Wildman–Crippen MR) is 117 cm³/mol. The summed E-state index contributed by atoms with van der Waals surface area (Å²) in [6.45, 7) is 11.4. The minimum absolute atomic E-state index is 0.0102. The Morgan fingerprint density at radius 1 is 0.903 bits per heavy atom. The molecule has 1 heterocycles. The van der Waals surface area contributed by atoms with Gasteiger partial charge in [-0.1, -0.05) is 36.4 Å². The largest absolute Gasteiger partial charge is 0.495 e. The van der Waals surface area contributed by atoms with E-state index in [1.165, 1.54) is 12.1 Å². The van der Waals surface area contributed by atoms with Crippen molar-refractivity contribution in [2.75, 3.05) is 0 Å². The number of aryl methyl sites for hydroxylation is 1. The Hall–Kier alpha value is -2.38. The molecule has 1 fully saturated rings. The van der Waals surface area contributed by atoms with Crippen LogP contribution in [0.15, 0.2) is 30.3 Å². The third-order valence-electron chi connectivity index (χ3n) is 6.24. The Morgan fingerprint density at radius 3 is 2.03 bits per heavy atom. The van der Waals surface area contributed by atoms with Gasteiger partial charge in [-0.2, -0.15) is 13.2 Å². The highest BCUT2D eigenvalue weighted by Gasteiger charge is 2.52. The SMILES string of the molecule is Cc1cc(/C=C/c2cccc(B3OC(C)(C)C(C)(C)O3)c2C)c(C(F)(F)F)cc1C=O. The van der Waals surface area contributed by atoms with Gasteiger partial charge in [0, 0.05) is 5.56 Å². The van der Waals surface area contributed by atoms with E-state index in [2.05, 4.69) is 0 Å². The van der Waals surface area contributed by atoms with Crippen LogP contribution in [0.25, 0.3) is 12.2 Å². The number of rotatable bonds is 4. The van der Waals surface area contributed by atoms with E-state index >= 15 is 0 Å². The van der Waals surface area contributed by atoms with E-state index in [1.54, 1.807) is 13.0 Å². The third-order valence-corrected chi connectivity index (χ3v) is 6.24. The van der Waals surface area contributed by atoms with Crippen molar-refractivity contribution in [3.8, 4) is 0 Å². The van der Waals surface area contributed by atoms with Crippen LogP contribution < -0.4 is 5.46 Å². The van der Waals surface area contributed by atoms with E-state index < -0.39 is 30.1 Å². The molecule has 0 atom stereocenters. The van der Waals surface area contributed by atoms with Crippen LogP contribution in [0.1, 0.15) is 65.9 Å². The van der Waals surface area contributed by atoms with E-state index in [-0.39, 0.29) is 11.1 Å². The molecule has 164 valence electrons. The van der Waals surface area contributed by atoms with Gasteiger partial charge in [0.25, 0.3) is 0 Å². The van der Waals surface area contributed by atoms with Crippen LogP contribution in [0.4, 0.5) is 13.2 Å². The van der Waals surface area contributed by atoms with Crippen LogP contribution >= 0.6 is 0 Å². The van der Waals surface area contributed by atoms with Crippen molar-refractivity contribution < 1.29 is 27.3 Å². The lowest BCUT2D eigenvalue weighted by atomic mass is 9.75. The van der Waals surface area contributed by atoms with E-state index in [0.29, 0.717) is 11.8 Å².